The van der Waals surface area contributed by atoms with Crippen molar-refractivity contribution < 1.29 is 67.1 Å². The Kier molecular flexibility index (Phi) is 18.2. The van der Waals surface area contributed by atoms with Crippen LogP contribution >= 0.6 is 0 Å². The van der Waals surface area contributed by atoms with Crippen LogP contribution in [0.5, 0.6) is 69.0 Å². The topological polar surface area (TPSA) is 255 Å². The number of carbonyl (C=O) groups is 7. The summed E-state index contributed by atoms with van der Waals surface area (Å²) in [5.74, 6) is 0.825. The number of aromatic carboxylic acids is 1. The van der Waals surface area contributed by atoms with Crippen LogP contribution < -0.4 is 55.0 Å². The number of carboxylic acids is 1. The molecular weight excluding hydrogens is 1090 g/mol. The number of rotatable bonds is 22. The number of carbonyl (C=O) groups excluding carboxylic acids is 6. The smallest absolute Gasteiger partial charge is 0.335 e. The van der Waals surface area contributed by atoms with Gasteiger partial charge in [0.15, 0.2) is 0 Å². The van der Waals surface area contributed by atoms with Crippen LogP contribution in [-0.4, -0.2) is 46.4 Å². The van der Waals surface area contributed by atoms with Gasteiger partial charge in [0.25, 0.3) is 11.8 Å². The number of carboxylic acid groups (broad SMARTS) is 1. The van der Waals surface area contributed by atoms with Crippen molar-refractivity contribution in [3.8, 4) is 69.0 Å². The van der Waals surface area contributed by atoms with Crippen LogP contribution in [-0.2, 0) is 25.6 Å². The molecule has 0 aliphatic rings. The molecule has 85 heavy (non-hydrogen) atoms. The van der Waals surface area contributed by atoms with Crippen molar-refractivity contribution in [3.05, 3.63) is 222 Å². The molecule has 0 spiro atoms. The van der Waals surface area contributed by atoms with Gasteiger partial charge in [-0.2, -0.15) is 0 Å². The van der Waals surface area contributed by atoms with Gasteiger partial charge in [0.2, 0.25) is 17.7 Å². The zero-order valence-corrected chi connectivity index (χ0v) is 46.0. The maximum absolute atomic E-state index is 13.9. The standard InChI is InChI=1S/C66H53N5O14/c1-39(72)29-43-5-17-52(18-6-43)80-58-30-44(31-59(36-58)81-53-19-7-47(8-20-53)67-40(2)73)64(76)70-50-13-25-56(26-14-50)84-62-34-46(66(78)79)35-63(38-62)85-57-27-15-51(16-28-57)71-65(77)45-32-60(82-54-21-9-48(10-22-54)68-41(3)74)37-61(33-45)83-55-23-11-49(12-24-55)69-42(4)75/h5-28,30-38H,29H2,1-4H3,(H,67,73)(H,68,74)(H,69,75)(H,70,76)(H,71,77)(H,78,79). The summed E-state index contributed by atoms with van der Waals surface area (Å²) in [4.78, 5) is 86.3. The number of anilines is 5. The number of ketones is 1. The first-order valence-corrected chi connectivity index (χ1v) is 26.2. The van der Waals surface area contributed by atoms with Crippen LogP contribution in [0.15, 0.2) is 200 Å². The van der Waals surface area contributed by atoms with E-state index in [1.54, 1.807) is 170 Å². The van der Waals surface area contributed by atoms with Gasteiger partial charge in [-0.3, -0.25) is 28.8 Å². The van der Waals surface area contributed by atoms with Crippen LogP contribution in [0.3, 0.4) is 0 Å². The molecule has 0 atom stereocenters. The molecule has 0 aromatic heterocycles. The van der Waals surface area contributed by atoms with Crippen LogP contribution in [0.1, 0.15) is 64.3 Å². The summed E-state index contributed by atoms with van der Waals surface area (Å²) in [6.07, 6.45) is 0.279. The summed E-state index contributed by atoms with van der Waals surface area (Å²) in [5.41, 5.74) is 3.58. The van der Waals surface area contributed by atoms with Crippen LogP contribution in [0.2, 0.25) is 0 Å². The Bertz CT molecular complexity index is 3540. The SMILES string of the molecule is CC(=O)Cc1ccc(Oc2cc(Oc3ccc(NC(C)=O)cc3)cc(C(=O)Nc3ccc(Oc4cc(Oc5ccc(NC(=O)c6cc(Oc7ccc(NC(C)=O)cc7)cc(Oc7ccc(NC(C)=O)cc7)c6)cc5)cc(C(=O)O)c4)cc3)c2)cc1. The molecule has 0 saturated carbocycles. The molecular formula is C66H53N5O14. The van der Waals surface area contributed by atoms with Crippen molar-refractivity contribution in [1.82, 2.24) is 0 Å². The minimum Gasteiger partial charge on any atom is -0.478 e. The zero-order valence-electron chi connectivity index (χ0n) is 46.0. The third-order valence-corrected chi connectivity index (χ3v) is 12.0. The van der Waals surface area contributed by atoms with Crippen molar-refractivity contribution in [2.45, 2.75) is 34.1 Å². The summed E-state index contributed by atoms with van der Waals surface area (Å²) < 4.78 is 36.7. The lowest BCUT2D eigenvalue weighted by molar-refractivity contribution is -0.116. The minimum atomic E-state index is -1.24. The predicted molar refractivity (Wildman–Crippen MR) is 319 cm³/mol. The average molecular weight is 1140 g/mol. The van der Waals surface area contributed by atoms with Gasteiger partial charge in [0, 0.05) is 85.0 Å². The van der Waals surface area contributed by atoms with Gasteiger partial charge in [-0.25, -0.2) is 4.79 Å². The molecule has 9 rings (SSSR count). The second-order valence-corrected chi connectivity index (χ2v) is 19.1. The molecule has 0 saturated heterocycles. The minimum absolute atomic E-state index is 0.0225. The van der Waals surface area contributed by atoms with Crippen LogP contribution in [0.4, 0.5) is 28.4 Å². The fourth-order valence-corrected chi connectivity index (χ4v) is 8.28. The maximum atomic E-state index is 13.9. The van der Waals surface area contributed by atoms with E-state index in [0.29, 0.717) is 62.9 Å². The Morgan fingerprint density at radius 1 is 0.294 bits per heavy atom. The zero-order chi connectivity index (χ0) is 60.0. The molecule has 426 valence electrons. The molecule has 0 heterocycles. The first-order valence-electron chi connectivity index (χ1n) is 26.2. The van der Waals surface area contributed by atoms with E-state index in [1.807, 2.05) is 0 Å². The van der Waals surface area contributed by atoms with Crippen LogP contribution in [0, 0.1) is 0 Å². The molecule has 9 aromatic carbocycles. The molecule has 6 N–H and O–H groups in total. The quantitative estimate of drug-likeness (QED) is 0.0369. The normalized spacial score (nSPS) is 10.5. The monoisotopic (exact) mass is 1140 g/mol. The Labute approximate surface area is 487 Å². The summed E-state index contributed by atoms with van der Waals surface area (Å²) in [7, 11) is 0. The molecule has 0 bridgehead atoms. The highest BCUT2D eigenvalue weighted by molar-refractivity contribution is 6.05. The Balaban J connectivity index is 0.861. The average Bonchev–Trinajstić information content (AvgIpc) is 3.46. The van der Waals surface area contributed by atoms with Gasteiger partial charge in [-0.1, -0.05) is 12.1 Å². The fraction of sp³-hybridized carbons (Fsp3) is 0.0758. The van der Waals surface area contributed by atoms with Gasteiger partial charge in [0.05, 0.1) is 5.56 Å². The molecule has 0 aliphatic heterocycles. The molecule has 0 aliphatic carbocycles. The third-order valence-electron chi connectivity index (χ3n) is 12.0. The summed E-state index contributed by atoms with van der Waals surface area (Å²) >= 11 is 0. The van der Waals surface area contributed by atoms with Gasteiger partial charge >= 0.3 is 5.97 Å². The van der Waals surface area contributed by atoms with Gasteiger partial charge in [-0.05, 0) is 182 Å². The third kappa shape index (κ3) is 17.1. The highest BCUT2D eigenvalue weighted by Crippen LogP contribution is 2.36. The van der Waals surface area contributed by atoms with Gasteiger partial charge in [-0.15, -0.1) is 0 Å². The number of nitrogens with one attached hydrogen (secondary N) is 5. The summed E-state index contributed by atoms with van der Waals surface area (Å²) in [6.45, 7) is 5.73. The predicted octanol–water partition coefficient (Wildman–Crippen LogP) is 14.6. The number of amides is 5. The second-order valence-electron chi connectivity index (χ2n) is 19.1. The van der Waals surface area contributed by atoms with Gasteiger partial charge < -0.3 is 60.1 Å². The number of hydrogen-bond donors (Lipinski definition) is 6. The van der Waals surface area contributed by atoms with E-state index < -0.39 is 17.8 Å². The van der Waals surface area contributed by atoms with E-state index in [0.717, 1.165) is 5.56 Å². The van der Waals surface area contributed by atoms with Crippen molar-refractivity contribution in [2.24, 2.45) is 0 Å². The van der Waals surface area contributed by atoms with E-state index in [1.165, 1.54) is 58.0 Å². The molecule has 0 fully saturated rings. The largest absolute Gasteiger partial charge is 0.478 e. The van der Waals surface area contributed by atoms with Crippen LogP contribution in [0.25, 0.3) is 0 Å². The molecule has 5 amide bonds. The van der Waals surface area contributed by atoms with E-state index in [9.17, 15) is 38.7 Å². The number of Topliss-reactive ketones (excluding diaryl/α,β-unsaturated/α-hetero) is 1. The second kappa shape index (κ2) is 26.7. The highest BCUT2D eigenvalue weighted by atomic mass is 16.5. The maximum Gasteiger partial charge on any atom is 0.335 e. The van der Waals surface area contributed by atoms with E-state index in [-0.39, 0.29) is 81.1 Å². The first-order chi connectivity index (χ1) is 40.9. The summed E-state index contributed by atoms with van der Waals surface area (Å²) in [6, 6.07) is 53.4. The van der Waals surface area contributed by atoms with E-state index >= 15 is 0 Å². The molecule has 0 unspecified atom stereocenters. The lowest BCUT2D eigenvalue weighted by Crippen LogP contribution is -2.12. The molecule has 19 nitrogen and oxygen atoms in total. The van der Waals surface area contributed by atoms with Crippen molar-refractivity contribution >= 4 is 69.7 Å². The molecule has 9 aromatic rings. The molecule has 0 radical (unpaired) electrons. The Morgan fingerprint density at radius 3 is 0.741 bits per heavy atom. The first kappa shape index (κ1) is 57.9. The molecule has 19 heteroatoms. The van der Waals surface area contributed by atoms with Crippen molar-refractivity contribution in [2.75, 3.05) is 26.6 Å². The summed E-state index contributed by atoms with van der Waals surface area (Å²) in [5, 5.41) is 23.9. The lowest BCUT2D eigenvalue weighted by Gasteiger charge is -2.14. The highest BCUT2D eigenvalue weighted by Gasteiger charge is 2.17. The van der Waals surface area contributed by atoms with Gasteiger partial charge in [0.1, 0.15) is 74.8 Å². The number of benzene rings is 9. The van der Waals surface area contributed by atoms with Crippen molar-refractivity contribution in [1.29, 1.82) is 0 Å². The van der Waals surface area contributed by atoms with E-state index in [2.05, 4.69) is 26.6 Å². The lowest BCUT2D eigenvalue weighted by atomic mass is 10.1. The fourth-order valence-electron chi connectivity index (χ4n) is 8.28. The Hall–Kier alpha value is -11.7. The van der Waals surface area contributed by atoms with E-state index in [4.69, 9.17) is 28.4 Å². The number of hydrogen-bond acceptors (Lipinski definition) is 13. The Morgan fingerprint density at radius 2 is 0.518 bits per heavy atom. The van der Waals surface area contributed by atoms with Crippen molar-refractivity contribution in [3.63, 3.8) is 0 Å². The number of ether oxygens (including phenoxy) is 6.